The highest BCUT2D eigenvalue weighted by Gasteiger charge is 2.20. The number of ether oxygens (including phenoxy) is 1. The summed E-state index contributed by atoms with van der Waals surface area (Å²) in [6, 6.07) is 3.43. The van der Waals surface area contributed by atoms with Crippen molar-refractivity contribution in [3.63, 3.8) is 0 Å². The maximum absolute atomic E-state index is 9.77. The number of phenols is 1. The average Bonchev–Trinajstić information content (AvgIpc) is 2.07. The minimum atomic E-state index is -0.146. The number of benzene rings is 1. The number of hydrogen-bond donors (Lipinski definition) is 2. The predicted octanol–water partition coefficient (Wildman–Crippen LogP) is 2.28. The van der Waals surface area contributed by atoms with E-state index in [1.807, 2.05) is 26.8 Å². The Balaban J connectivity index is 3.35. The molecule has 0 aliphatic rings. The fourth-order valence-corrected chi connectivity index (χ4v) is 1.32. The van der Waals surface area contributed by atoms with Gasteiger partial charge >= 0.3 is 0 Å². The molecule has 0 radical (unpaired) electrons. The molecule has 3 heteroatoms. The summed E-state index contributed by atoms with van der Waals surface area (Å²) in [6.45, 7) is 6.04. The molecule has 0 bridgehead atoms. The molecule has 1 aromatic carbocycles. The molecule has 0 aliphatic carbocycles. The van der Waals surface area contributed by atoms with Gasteiger partial charge in [0.1, 0.15) is 11.5 Å². The normalized spacial score (nSPS) is 11.4. The van der Waals surface area contributed by atoms with Gasteiger partial charge in [-0.3, -0.25) is 0 Å². The van der Waals surface area contributed by atoms with Crippen LogP contribution in [0.15, 0.2) is 12.1 Å². The Labute approximate surface area is 84.5 Å². The van der Waals surface area contributed by atoms with Gasteiger partial charge in [-0.05, 0) is 11.5 Å². The van der Waals surface area contributed by atoms with Gasteiger partial charge in [-0.2, -0.15) is 0 Å². The van der Waals surface area contributed by atoms with Crippen LogP contribution in [-0.2, 0) is 5.41 Å². The Hall–Kier alpha value is -1.38. The quantitative estimate of drug-likeness (QED) is 0.534. The number of phenolic OH excluding ortho intramolecular Hbond substituents is 1. The molecule has 0 spiro atoms. The number of methoxy groups -OCH3 is 1. The van der Waals surface area contributed by atoms with Crippen LogP contribution >= 0.6 is 0 Å². The molecule has 3 nitrogen and oxygen atoms in total. The van der Waals surface area contributed by atoms with E-state index in [-0.39, 0.29) is 11.2 Å². The highest BCUT2D eigenvalue weighted by atomic mass is 16.5. The topological polar surface area (TPSA) is 55.5 Å². The Kier molecular flexibility index (Phi) is 2.60. The van der Waals surface area contributed by atoms with E-state index in [4.69, 9.17) is 10.5 Å². The lowest BCUT2D eigenvalue weighted by Gasteiger charge is -2.22. The van der Waals surface area contributed by atoms with E-state index in [2.05, 4.69) is 0 Å². The number of rotatable bonds is 1. The SMILES string of the molecule is COc1cc(N)c(O)c(C(C)(C)C)c1. The van der Waals surface area contributed by atoms with Crippen molar-refractivity contribution in [3.05, 3.63) is 17.7 Å². The zero-order chi connectivity index (χ0) is 10.9. The second-order valence-corrected chi connectivity index (χ2v) is 4.36. The van der Waals surface area contributed by atoms with E-state index in [1.165, 1.54) is 0 Å². The van der Waals surface area contributed by atoms with Crippen molar-refractivity contribution in [2.45, 2.75) is 26.2 Å². The monoisotopic (exact) mass is 195 g/mol. The summed E-state index contributed by atoms with van der Waals surface area (Å²) in [7, 11) is 1.58. The summed E-state index contributed by atoms with van der Waals surface area (Å²) < 4.78 is 5.09. The van der Waals surface area contributed by atoms with E-state index >= 15 is 0 Å². The van der Waals surface area contributed by atoms with Gasteiger partial charge in [0.15, 0.2) is 0 Å². The van der Waals surface area contributed by atoms with E-state index in [0.717, 1.165) is 5.56 Å². The lowest BCUT2D eigenvalue weighted by molar-refractivity contribution is 0.406. The third-order valence-electron chi connectivity index (χ3n) is 2.16. The zero-order valence-corrected chi connectivity index (χ0v) is 9.09. The molecule has 0 aromatic heterocycles. The Bertz CT molecular complexity index is 340. The molecule has 0 fully saturated rings. The van der Waals surface area contributed by atoms with Crippen LogP contribution in [0.5, 0.6) is 11.5 Å². The van der Waals surface area contributed by atoms with Crippen molar-refractivity contribution >= 4 is 5.69 Å². The maximum atomic E-state index is 9.77. The molecule has 0 atom stereocenters. The zero-order valence-electron chi connectivity index (χ0n) is 9.09. The molecule has 0 saturated carbocycles. The molecule has 0 aliphatic heterocycles. The minimum absolute atomic E-state index is 0.146. The fourth-order valence-electron chi connectivity index (χ4n) is 1.32. The first kappa shape index (κ1) is 10.7. The van der Waals surface area contributed by atoms with Crippen molar-refractivity contribution in [1.29, 1.82) is 0 Å². The molecule has 3 N–H and O–H groups in total. The second-order valence-electron chi connectivity index (χ2n) is 4.36. The molecule has 14 heavy (non-hydrogen) atoms. The number of nitrogens with two attached hydrogens (primary N) is 1. The lowest BCUT2D eigenvalue weighted by Crippen LogP contribution is -2.12. The summed E-state index contributed by atoms with van der Waals surface area (Å²) >= 11 is 0. The second kappa shape index (κ2) is 3.40. The van der Waals surface area contributed by atoms with Crippen LogP contribution in [0.3, 0.4) is 0 Å². The van der Waals surface area contributed by atoms with Gasteiger partial charge in [0.05, 0.1) is 12.8 Å². The lowest BCUT2D eigenvalue weighted by atomic mass is 9.86. The predicted molar refractivity (Wildman–Crippen MR) is 57.8 cm³/mol. The summed E-state index contributed by atoms with van der Waals surface area (Å²) in [6.07, 6.45) is 0. The first-order valence-corrected chi connectivity index (χ1v) is 4.53. The van der Waals surface area contributed by atoms with Gasteiger partial charge < -0.3 is 15.6 Å². The van der Waals surface area contributed by atoms with Crippen molar-refractivity contribution in [3.8, 4) is 11.5 Å². The molecule has 1 aromatic rings. The molecule has 0 amide bonds. The van der Waals surface area contributed by atoms with Crippen molar-refractivity contribution in [2.75, 3.05) is 12.8 Å². The smallest absolute Gasteiger partial charge is 0.142 e. The molecule has 1 rings (SSSR count). The van der Waals surface area contributed by atoms with E-state index in [1.54, 1.807) is 13.2 Å². The Morgan fingerprint density at radius 3 is 2.29 bits per heavy atom. The third-order valence-corrected chi connectivity index (χ3v) is 2.16. The number of hydrogen-bond acceptors (Lipinski definition) is 3. The molecule has 0 unspecified atom stereocenters. The van der Waals surface area contributed by atoms with Gasteiger partial charge in [-0.25, -0.2) is 0 Å². The Morgan fingerprint density at radius 1 is 1.29 bits per heavy atom. The van der Waals surface area contributed by atoms with Crippen LogP contribution in [0.1, 0.15) is 26.3 Å². The van der Waals surface area contributed by atoms with E-state index in [0.29, 0.717) is 11.4 Å². The van der Waals surface area contributed by atoms with Gasteiger partial charge in [0.25, 0.3) is 0 Å². The van der Waals surface area contributed by atoms with Crippen molar-refractivity contribution in [2.24, 2.45) is 0 Å². The largest absolute Gasteiger partial charge is 0.505 e. The molecule has 0 heterocycles. The Morgan fingerprint density at radius 2 is 1.86 bits per heavy atom. The fraction of sp³-hybridized carbons (Fsp3) is 0.455. The summed E-state index contributed by atoms with van der Waals surface area (Å²) in [4.78, 5) is 0. The average molecular weight is 195 g/mol. The molecular weight excluding hydrogens is 178 g/mol. The summed E-state index contributed by atoms with van der Waals surface area (Å²) in [5, 5.41) is 9.77. The van der Waals surface area contributed by atoms with Crippen LogP contribution < -0.4 is 10.5 Å². The number of aromatic hydroxyl groups is 1. The maximum Gasteiger partial charge on any atom is 0.142 e. The van der Waals surface area contributed by atoms with Crippen molar-refractivity contribution < 1.29 is 9.84 Å². The van der Waals surface area contributed by atoms with E-state index in [9.17, 15) is 5.11 Å². The highest BCUT2D eigenvalue weighted by Crippen LogP contribution is 2.37. The summed E-state index contributed by atoms with van der Waals surface area (Å²) in [5.74, 6) is 0.823. The number of anilines is 1. The van der Waals surface area contributed by atoms with Crippen LogP contribution in [0.25, 0.3) is 0 Å². The minimum Gasteiger partial charge on any atom is -0.505 e. The van der Waals surface area contributed by atoms with Crippen molar-refractivity contribution in [1.82, 2.24) is 0 Å². The molecular formula is C11H17NO2. The van der Waals surface area contributed by atoms with Gasteiger partial charge in [-0.15, -0.1) is 0 Å². The van der Waals surface area contributed by atoms with E-state index < -0.39 is 0 Å². The van der Waals surface area contributed by atoms with Crippen LogP contribution in [0, 0.1) is 0 Å². The van der Waals surface area contributed by atoms with Crippen LogP contribution in [0.4, 0.5) is 5.69 Å². The van der Waals surface area contributed by atoms with Gasteiger partial charge in [0.2, 0.25) is 0 Å². The third kappa shape index (κ3) is 1.92. The van der Waals surface area contributed by atoms with Gasteiger partial charge in [-0.1, -0.05) is 20.8 Å². The van der Waals surface area contributed by atoms with Crippen LogP contribution in [0.2, 0.25) is 0 Å². The standard InChI is InChI=1S/C11H17NO2/c1-11(2,3)8-5-7(14-4)6-9(12)10(8)13/h5-6,13H,12H2,1-4H3. The first-order chi connectivity index (χ1) is 6.36. The first-order valence-electron chi connectivity index (χ1n) is 4.53. The summed E-state index contributed by atoms with van der Waals surface area (Å²) in [5.41, 5.74) is 6.67. The van der Waals surface area contributed by atoms with Crippen LogP contribution in [-0.4, -0.2) is 12.2 Å². The van der Waals surface area contributed by atoms with Gasteiger partial charge in [0, 0.05) is 11.6 Å². The highest BCUT2D eigenvalue weighted by molar-refractivity contribution is 5.61. The molecule has 78 valence electrons. The molecule has 0 saturated heterocycles. The number of nitrogen functional groups attached to an aromatic ring is 1.